The first kappa shape index (κ1) is 12.7. The predicted octanol–water partition coefficient (Wildman–Crippen LogP) is 2.64. The normalized spacial score (nSPS) is 10.6. The van der Waals surface area contributed by atoms with Crippen molar-refractivity contribution in [3.8, 4) is 11.4 Å². The highest BCUT2D eigenvalue weighted by molar-refractivity contribution is 7.71. The Balaban J connectivity index is 1.87. The fraction of sp³-hybridized carbons (Fsp3) is 0.143. The van der Waals surface area contributed by atoms with E-state index in [4.69, 9.17) is 12.2 Å². The van der Waals surface area contributed by atoms with Crippen LogP contribution in [0.25, 0.3) is 11.4 Å². The number of aryl methyl sites for hydroxylation is 1. The highest BCUT2D eigenvalue weighted by Crippen LogP contribution is 2.16. The molecule has 20 heavy (non-hydrogen) atoms. The molecule has 3 aromatic heterocycles. The summed E-state index contributed by atoms with van der Waals surface area (Å²) in [5.74, 6) is 0.835. The van der Waals surface area contributed by atoms with Crippen LogP contribution in [0.3, 0.4) is 0 Å². The number of hydrogen-bond donors (Lipinski definition) is 1. The minimum atomic E-state index is 0.626. The van der Waals surface area contributed by atoms with Gasteiger partial charge in [0, 0.05) is 36.9 Å². The Bertz CT molecular complexity index is 733. The maximum Gasteiger partial charge on any atom is 0.195 e. The van der Waals surface area contributed by atoms with E-state index in [0.29, 0.717) is 4.77 Å². The number of pyridine rings is 2. The fourth-order valence-corrected chi connectivity index (χ4v) is 2.26. The van der Waals surface area contributed by atoms with Crippen LogP contribution in [0.5, 0.6) is 0 Å². The predicted molar refractivity (Wildman–Crippen MR) is 78.6 cm³/mol. The molecular formula is C14H13N5S. The third kappa shape index (κ3) is 2.65. The first-order valence-corrected chi connectivity index (χ1v) is 6.70. The van der Waals surface area contributed by atoms with Gasteiger partial charge in [-0.2, -0.15) is 5.10 Å². The zero-order chi connectivity index (χ0) is 13.8. The number of aromatic amines is 1. The van der Waals surface area contributed by atoms with Crippen molar-refractivity contribution in [2.24, 2.45) is 0 Å². The van der Waals surface area contributed by atoms with Gasteiger partial charge in [-0.3, -0.25) is 19.6 Å². The summed E-state index contributed by atoms with van der Waals surface area (Å²) in [4.78, 5) is 8.14. The van der Waals surface area contributed by atoms with Gasteiger partial charge in [0.05, 0.1) is 0 Å². The number of nitrogens with zero attached hydrogens (tertiary/aromatic N) is 4. The molecule has 3 rings (SSSR count). The monoisotopic (exact) mass is 283 g/mol. The van der Waals surface area contributed by atoms with Gasteiger partial charge < -0.3 is 0 Å². The summed E-state index contributed by atoms with van der Waals surface area (Å²) in [6, 6.07) is 7.84. The molecule has 0 unspecified atom stereocenters. The SMILES string of the molecule is S=c1[nH]nc(-c2ccncc2)n1CCc1cccnc1. The molecule has 0 fully saturated rings. The lowest BCUT2D eigenvalue weighted by Crippen LogP contribution is -2.04. The quantitative estimate of drug-likeness (QED) is 0.748. The van der Waals surface area contributed by atoms with E-state index in [9.17, 15) is 0 Å². The molecule has 1 N–H and O–H groups in total. The van der Waals surface area contributed by atoms with Crippen LogP contribution in [0.15, 0.2) is 49.1 Å². The van der Waals surface area contributed by atoms with Crippen molar-refractivity contribution in [1.82, 2.24) is 24.7 Å². The Labute approximate surface area is 121 Å². The van der Waals surface area contributed by atoms with Crippen molar-refractivity contribution in [2.45, 2.75) is 13.0 Å². The molecular weight excluding hydrogens is 270 g/mol. The number of rotatable bonds is 4. The standard InChI is InChI=1S/C14H13N5S/c20-14-18-17-13(12-3-7-15-8-4-12)19(14)9-5-11-2-1-6-16-10-11/h1-4,6-8,10H,5,9H2,(H,18,20). The van der Waals surface area contributed by atoms with E-state index in [-0.39, 0.29) is 0 Å². The van der Waals surface area contributed by atoms with Crippen LogP contribution in [-0.4, -0.2) is 24.7 Å². The van der Waals surface area contributed by atoms with Crippen molar-refractivity contribution >= 4 is 12.2 Å². The summed E-state index contributed by atoms with van der Waals surface area (Å²) in [5.41, 5.74) is 2.18. The van der Waals surface area contributed by atoms with E-state index in [1.54, 1.807) is 18.6 Å². The van der Waals surface area contributed by atoms with Crippen molar-refractivity contribution in [2.75, 3.05) is 0 Å². The molecule has 0 aliphatic carbocycles. The van der Waals surface area contributed by atoms with Gasteiger partial charge in [0.1, 0.15) is 0 Å². The van der Waals surface area contributed by atoms with Crippen LogP contribution in [-0.2, 0) is 13.0 Å². The average Bonchev–Trinajstić information content (AvgIpc) is 2.88. The summed E-state index contributed by atoms with van der Waals surface area (Å²) >= 11 is 5.30. The Hall–Kier alpha value is -2.34. The lowest BCUT2D eigenvalue weighted by atomic mass is 10.2. The maximum absolute atomic E-state index is 5.30. The third-order valence-electron chi connectivity index (χ3n) is 3.04. The van der Waals surface area contributed by atoms with Gasteiger partial charge in [-0.25, -0.2) is 0 Å². The van der Waals surface area contributed by atoms with Gasteiger partial charge in [-0.15, -0.1) is 0 Å². The number of hydrogen-bond acceptors (Lipinski definition) is 4. The summed E-state index contributed by atoms with van der Waals surface area (Å²) in [6.45, 7) is 0.763. The van der Waals surface area contributed by atoms with E-state index >= 15 is 0 Å². The molecule has 0 spiro atoms. The van der Waals surface area contributed by atoms with Crippen LogP contribution in [0.2, 0.25) is 0 Å². The number of nitrogens with one attached hydrogen (secondary N) is 1. The number of aromatic nitrogens is 5. The molecule has 0 bridgehead atoms. The van der Waals surface area contributed by atoms with Crippen molar-refractivity contribution in [3.05, 3.63) is 59.4 Å². The van der Waals surface area contributed by atoms with Crippen molar-refractivity contribution in [3.63, 3.8) is 0 Å². The van der Waals surface area contributed by atoms with Crippen LogP contribution in [0.4, 0.5) is 0 Å². The van der Waals surface area contributed by atoms with Gasteiger partial charge in [-0.1, -0.05) is 6.07 Å². The van der Waals surface area contributed by atoms with Crippen molar-refractivity contribution < 1.29 is 0 Å². The molecule has 0 saturated heterocycles. The molecule has 100 valence electrons. The highest BCUT2D eigenvalue weighted by atomic mass is 32.1. The zero-order valence-corrected chi connectivity index (χ0v) is 11.5. The van der Waals surface area contributed by atoms with Gasteiger partial charge >= 0.3 is 0 Å². The summed E-state index contributed by atoms with van der Waals surface area (Å²) < 4.78 is 2.62. The Morgan fingerprint density at radius 2 is 1.95 bits per heavy atom. The largest absolute Gasteiger partial charge is 0.300 e. The molecule has 0 aromatic carbocycles. The molecule has 5 nitrogen and oxygen atoms in total. The molecule has 6 heteroatoms. The van der Waals surface area contributed by atoms with E-state index in [1.165, 1.54) is 5.56 Å². The van der Waals surface area contributed by atoms with E-state index in [1.807, 2.05) is 29.0 Å². The van der Waals surface area contributed by atoms with Crippen LogP contribution in [0.1, 0.15) is 5.56 Å². The van der Waals surface area contributed by atoms with Crippen LogP contribution < -0.4 is 0 Å². The second-order valence-electron chi connectivity index (χ2n) is 4.35. The number of H-pyrrole nitrogens is 1. The minimum Gasteiger partial charge on any atom is -0.300 e. The minimum absolute atomic E-state index is 0.626. The molecule has 0 atom stereocenters. The average molecular weight is 283 g/mol. The molecule has 0 aliphatic heterocycles. The van der Waals surface area contributed by atoms with Crippen molar-refractivity contribution in [1.29, 1.82) is 0 Å². The molecule has 0 saturated carbocycles. The Kier molecular flexibility index (Phi) is 3.64. The first-order chi connectivity index (χ1) is 9.84. The van der Waals surface area contributed by atoms with E-state index < -0.39 is 0 Å². The van der Waals surface area contributed by atoms with Crippen LogP contribution in [0, 0.1) is 4.77 Å². The third-order valence-corrected chi connectivity index (χ3v) is 3.36. The molecule has 0 radical (unpaired) electrons. The molecule has 3 heterocycles. The highest BCUT2D eigenvalue weighted by Gasteiger charge is 2.08. The van der Waals surface area contributed by atoms with Gasteiger partial charge in [0.15, 0.2) is 10.6 Å². The summed E-state index contributed by atoms with van der Waals surface area (Å²) in [5, 5.41) is 7.15. The maximum atomic E-state index is 5.30. The lowest BCUT2D eigenvalue weighted by Gasteiger charge is -2.06. The molecule has 0 aliphatic rings. The summed E-state index contributed by atoms with van der Waals surface area (Å²) in [6.07, 6.45) is 8.00. The second-order valence-corrected chi connectivity index (χ2v) is 4.74. The van der Waals surface area contributed by atoms with Crippen LogP contribution >= 0.6 is 12.2 Å². The lowest BCUT2D eigenvalue weighted by molar-refractivity contribution is 0.690. The Morgan fingerprint density at radius 3 is 2.70 bits per heavy atom. The zero-order valence-electron chi connectivity index (χ0n) is 10.7. The van der Waals surface area contributed by atoms with E-state index in [0.717, 1.165) is 24.4 Å². The first-order valence-electron chi connectivity index (χ1n) is 6.29. The van der Waals surface area contributed by atoms with Gasteiger partial charge in [-0.05, 0) is 42.4 Å². The smallest absolute Gasteiger partial charge is 0.195 e. The fourth-order valence-electron chi connectivity index (χ4n) is 2.03. The summed E-state index contributed by atoms with van der Waals surface area (Å²) in [7, 11) is 0. The van der Waals surface area contributed by atoms with Gasteiger partial charge in [0.2, 0.25) is 0 Å². The van der Waals surface area contributed by atoms with E-state index in [2.05, 4.69) is 26.2 Å². The topological polar surface area (TPSA) is 59.4 Å². The Morgan fingerprint density at radius 1 is 1.10 bits per heavy atom. The molecule has 0 amide bonds. The van der Waals surface area contributed by atoms with Gasteiger partial charge in [0.25, 0.3) is 0 Å². The molecule has 3 aromatic rings. The second kappa shape index (κ2) is 5.75.